The Bertz CT molecular complexity index is 997. The summed E-state index contributed by atoms with van der Waals surface area (Å²) in [5.74, 6) is -2.94. The minimum absolute atomic E-state index is 0.123. The van der Waals surface area contributed by atoms with Crippen LogP contribution in [0.25, 0.3) is 0 Å². The van der Waals surface area contributed by atoms with E-state index in [2.05, 4.69) is 20.8 Å². The molecule has 6 heteroatoms. The predicted octanol–water partition coefficient (Wildman–Crippen LogP) is 14.9. The van der Waals surface area contributed by atoms with Gasteiger partial charge in [0, 0.05) is 19.3 Å². The summed E-state index contributed by atoms with van der Waals surface area (Å²) in [6.07, 6.45) is 34.3. The normalized spacial score (nSPS) is 14.4. The average Bonchev–Trinajstić information content (AvgIpc) is 3.17. The number of hydrogen-bond donors (Lipinski definition) is 0. The Morgan fingerprint density at radius 2 is 0.566 bits per heavy atom. The fourth-order valence-corrected chi connectivity index (χ4v) is 6.69. The zero-order valence-corrected chi connectivity index (χ0v) is 35.3. The van der Waals surface area contributed by atoms with Gasteiger partial charge in [0.2, 0.25) is 0 Å². The Morgan fingerprint density at radius 3 is 0.811 bits per heavy atom. The van der Waals surface area contributed by atoms with Crippen LogP contribution in [0.1, 0.15) is 272 Å². The van der Waals surface area contributed by atoms with Crippen molar-refractivity contribution in [1.82, 2.24) is 0 Å². The van der Waals surface area contributed by atoms with Crippen LogP contribution in [-0.4, -0.2) is 37.1 Å². The molecule has 0 aromatic heterocycles. The minimum Gasteiger partial charge on any atom is -0.462 e. The fraction of sp³-hybridized carbons (Fsp3) is 0.936. The van der Waals surface area contributed by atoms with E-state index < -0.39 is 37.1 Å². The van der Waals surface area contributed by atoms with Gasteiger partial charge in [-0.2, -0.15) is 0 Å². The Morgan fingerprint density at radius 1 is 0.358 bits per heavy atom. The molecule has 1 unspecified atom stereocenters. The van der Waals surface area contributed by atoms with E-state index in [4.69, 9.17) is 21.1 Å². The smallest absolute Gasteiger partial charge is 0.306 e. The van der Waals surface area contributed by atoms with Gasteiger partial charge in [-0.3, -0.25) is 14.4 Å². The van der Waals surface area contributed by atoms with E-state index in [9.17, 15) is 14.4 Å². The molecule has 0 saturated heterocycles. The van der Waals surface area contributed by atoms with Crippen LogP contribution >= 0.6 is 0 Å². The van der Waals surface area contributed by atoms with Crippen molar-refractivity contribution in [2.75, 3.05) is 13.1 Å². The number of rotatable bonds is 43. The van der Waals surface area contributed by atoms with Crippen LogP contribution < -0.4 is 0 Å². The van der Waals surface area contributed by atoms with E-state index in [1.54, 1.807) is 0 Å². The maximum Gasteiger partial charge on any atom is 0.306 e. The maximum absolute atomic E-state index is 13.0. The molecule has 6 nitrogen and oxygen atoms in total. The predicted molar refractivity (Wildman–Crippen MR) is 224 cm³/mol. The van der Waals surface area contributed by atoms with Gasteiger partial charge in [0.05, 0.1) is 6.85 Å². The first-order valence-corrected chi connectivity index (χ1v) is 23.0. The molecule has 314 valence electrons. The summed E-state index contributed by atoms with van der Waals surface area (Å²) >= 11 is 0. The first-order chi connectivity index (χ1) is 27.9. The summed E-state index contributed by atoms with van der Waals surface area (Å²) in [6, 6.07) is 0. The largest absolute Gasteiger partial charge is 0.462 e. The van der Waals surface area contributed by atoms with Crippen molar-refractivity contribution >= 4 is 17.9 Å². The molecular formula is C47H90O6. The monoisotopic (exact) mass is 756 g/mol. The Balaban J connectivity index is 5.05. The van der Waals surface area contributed by atoms with Crippen LogP contribution in [0.5, 0.6) is 0 Å². The molecule has 0 amide bonds. The summed E-state index contributed by atoms with van der Waals surface area (Å²) in [7, 11) is 0. The van der Waals surface area contributed by atoms with E-state index in [1.165, 1.54) is 128 Å². The zero-order chi connectivity index (χ0) is 43.2. The van der Waals surface area contributed by atoms with Gasteiger partial charge in [0.1, 0.15) is 13.1 Å². The summed E-state index contributed by atoms with van der Waals surface area (Å²) in [6.45, 7) is -0.230. The summed E-state index contributed by atoms with van der Waals surface area (Å²) < 4.78 is 58.5. The molecule has 0 fully saturated rings. The lowest BCUT2D eigenvalue weighted by Gasteiger charge is -2.18. The number of hydrogen-bond acceptors (Lipinski definition) is 6. The molecule has 0 rings (SSSR count). The highest BCUT2D eigenvalue weighted by molar-refractivity contribution is 5.71. The van der Waals surface area contributed by atoms with Crippen LogP contribution in [0, 0.1) is 0 Å². The topological polar surface area (TPSA) is 78.9 Å². The van der Waals surface area contributed by atoms with E-state index >= 15 is 0 Å². The number of carbonyl (C=O) groups excluding carboxylic acids is 3. The highest BCUT2D eigenvalue weighted by atomic mass is 16.6. The molecule has 0 N–H and O–H groups in total. The quantitative estimate of drug-likeness (QED) is 0.0350. The zero-order valence-electron chi connectivity index (χ0n) is 40.3. The number of ether oxygens (including phenoxy) is 3. The standard InChI is InChI=1S/C47H90O6/c1-4-7-10-13-16-19-22-23-26-28-31-34-37-40-46(49)52-43-44(53-47(50)41-38-35-32-29-25-21-18-15-12-9-6-3)42-51-45(48)39-36-33-30-27-24-20-17-14-11-8-5-2/h44H,4-43H2,1-3H3/i42D2,43D2,44D. The lowest BCUT2D eigenvalue weighted by molar-refractivity contribution is -0.167. The molecule has 0 bridgehead atoms. The van der Waals surface area contributed by atoms with Gasteiger partial charge in [-0.05, 0) is 19.3 Å². The SMILES string of the molecule is [2H]C([2H])(OC(=O)CCCCCCCCCCCCC)C([2H])(OC(=O)CCCCCCCCCCCCC)C([2H])([2H])OC(=O)CCCCCCCCCCCCCCC. The summed E-state index contributed by atoms with van der Waals surface area (Å²) in [4.78, 5) is 38.7. The first kappa shape index (κ1) is 42.6. The minimum atomic E-state index is -3.48. The second-order valence-corrected chi connectivity index (χ2v) is 15.5. The molecule has 0 aliphatic carbocycles. The van der Waals surface area contributed by atoms with Gasteiger partial charge >= 0.3 is 17.9 Å². The highest BCUT2D eigenvalue weighted by Crippen LogP contribution is 2.16. The molecule has 0 aliphatic rings. The van der Waals surface area contributed by atoms with Crippen LogP contribution in [0.2, 0.25) is 0 Å². The molecule has 0 radical (unpaired) electrons. The molecule has 0 saturated carbocycles. The highest BCUT2D eigenvalue weighted by Gasteiger charge is 2.19. The Hall–Kier alpha value is -1.59. The van der Waals surface area contributed by atoms with E-state index in [-0.39, 0.29) is 19.3 Å². The van der Waals surface area contributed by atoms with E-state index in [0.29, 0.717) is 19.3 Å². The summed E-state index contributed by atoms with van der Waals surface area (Å²) in [5, 5.41) is 0. The van der Waals surface area contributed by atoms with Gasteiger partial charge in [-0.25, -0.2) is 0 Å². The average molecular weight is 756 g/mol. The Labute approximate surface area is 336 Å². The van der Waals surface area contributed by atoms with Gasteiger partial charge in [0.25, 0.3) is 0 Å². The van der Waals surface area contributed by atoms with Gasteiger partial charge in [-0.15, -0.1) is 0 Å². The van der Waals surface area contributed by atoms with Crippen molar-refractivity contribution in [2.45, 2.75) is 271 Å². The van der Waals surface area contributed by atoms with Crippen LogP contribution in [0.15, 0.2) is 0 Å². The van der Waals surface area contributed by atoms with Crippen molar-refractivity contribution in [2.24, 2.45) is 0 Å². The molecule has 0 aromatic rings. The third kappa shape index (κ3) is 41.4. The van der Waals surface area contributed by atoms with Crippen LogP contribution in [-0.2, 0) is 28.6 Å². The number of unbranched alkanes of at least 4 members (excludes halogenated alkanes) is 32. The number of esters is 3. The Kier molecular flexibility index (Phi) is 34.6. The fourth-order valence-electron chi connectivity index (χ4n) is 6.69. The number of carbonyl (C=O) groups is 3. The van der Waals surface area contributed by atoms with Crippen LogP contribution in [0.4, 0.5) is 0 Å². The van der Waals surface area contributed by atoms with Crippen molar-refractivity contribution < 1.29 is 35.4 Å². The third-order valence-electron chi connectivity index (χ3n) is 10.2. The molecule has 0 heterocycles. The van der Waals surface area contributed by atoms with E-state index in [1.807, 2.05) is 0 Å². The molecule has 0 aliphatic heterocycles. The first-order valence-electron chi connectivity index (χ1n) is 25.5. The third-order valence-corrected chi connectivity index (χ3v) is 10.2. The lowest BCUT2D eigenvalue weighted by Crippen LogP contribution is -2.30. The molecule has 0 aromatic carbocycles. The maximum atomic E-state index is 13.0. The lowest BCUT2D eigenvalue weighted by atomic mass is 10.0. The van der Waals surface area contributed by atoms with Crippen molar-refractivity contribution in [3.63, 3.8) is 0 Å². The molecular weight excluding hydrogens is 661 g/mol. The van der Waals surface area contributed by atoms with Crippen molar-refractivity contribution in [1.29, 1.82) is 0 Å². The summed E-state index contributed by atoms with van der Waals surface area (Å²) in [5.41, 5.74) is 0. The van der Waals surface area contributed by atoms with Gasteiger partial charge in [0.15, 0.2) is 6.08 Å². The second kappa shape index (κ2) is 43.1. The van der Waals surface area contributed by atoms with Crippen LogP contribution in [0.3, 0.4) is 0 Å². The van der Waals surface area contributed by atoms with E-state index in [0.717, 1.165) is 77.0 Å². The second-order valence-electron chi connectivity index (χ2n) is 15.5. The molecule has 1 atom stereocenters. The van der Waals surface area contributed by atoms with Gasteiger partial charge in [-0.1, -0.05) is 226 Å². The molecule has 0 spiro atoms. The molecule has 53 heavy (non-hydrogen) atoms. The van der Waals surface area contributed by atoms with Crippen molar-refractivity contribution in [3.05, 3.63) is 0 Å². The van der Waals surface area contributed by atoms with Gasteiger partial charge < -0.3 is 14.2 Å². The van der Waals surface area contributed by atoms with Crippen molar-refractivity contribution in [3.8, 4) is 0 Å².